The minimum Gasteiger partial charge on any atom is -0.361 e. The van der Waals surface area contributed by atoms with Crippen LogP contribution in [0.4, 0.5) is 5.13 Å². The normalized spacial score (nSPS) is 12.9. The molecule has 0 saturated heterocycles. The van der Waals surface area contributed by atoms with Crippen molar-refractivity contribution in [1.82, 2.24) is 4.98 Å². The molecule has 0 bridgehead atoms. The zero-order chi connectivity index (χ0) is 16.1. The second kappa shape index (κ2) is 7.77. The Bertz CT molecular complexity index is 572. The van der Waals surface area contributed by atoms with Crippen molar-refractivity contribution in [1.29, 1.82) is 0 Å². The van der Waals surface area contributed by atoms with Gasteiger partial charge >= 0.3 is 0 Å². The van der Waals surface area contributed by atoms with Crippen molar-refractivity contribution in [3.05, 3.63) is 46.5 Å². The van der Waals surface area contributed by atoms with E-state index in [1.165, 1.54) is 16.1 Å². The summed E-state index contributed by atoms with van der Waals surface area (Å²) in [7, 11) is 0. The van der Waals surface area contributed by atoms with Crippen molar-refractivity contribution >= 4 is 16.5 Å². The summed E-state index contributed by atoms with van der Waals surface area (Å²) in [5.74, 6) is 1.65. The van der Waals surface area contributed by atoms with Gasteiger partial charge in [-0.1, -0.05) is 65.0 Å². The van der Waals surface area contributed by atoms with E-state index in [2.05, 4.69) is 70.3 Å². The topological polar surface area (TPSA) is 24.9 Å². The molecule has 0 fully saturated rings. The van der Waals surface area contributed by atoms with Crippen molar-refractivity contribution in [3.8, 4) is 0 Å². The van der Waals surface area contributed by atoms with Crippen LogP contribution >= 0.6 is 11.3 Å². The zero-order valence-corrected chi connectivity index (χ0v) is 15.2. The smallest absolute Gasteiger partial charge is 0.183 e. The highest BCUT2D eigenvalue weighted by atomic mass is 32.1. The van der Waals surface area contributed by atoms with Crippen LogP contribution in [-0.4, -0.2) is 11.5 Å². The van der Waals surface area contributed by atoms with E-state index in [1.54, 1.807) is 0 Å². The second-order valence-electron chi connectivity index (χ2n) is 6.77. The summed E-state index contributed by atoms with van der Waals surface area (Å²) in [4.78, 5) is 6.28. The molecule has 1 aromatic carbocycles. The molecular formula is C19H28N2S. The van der Waals surface area contributed by atoms with Crippen LogP contribution in [0, 0.1) is 5.92 Å². The Balaban J connectivity index is 2.03. The highest BCUT2D eigenvalue weighted by molar-refractivity contribution is 7.15. The lowest BCUT2D eigenvalue weighted by molar-refractivity contribution is 0.643. The van der Waals surface area contributed by atoms with E-state index in [-0.39, 0.29) is 0 Å². The quantitative estimate of drug-likeness (QED) is 0.710. The minimum atomic E-state index is 0.487. The molecule has 1 atom stereocenters. The molecule has 22 heavy (non-hydrogen) atoms. The van der Waals surface area contributed by atoms with Crippen LogP contribution in [0.1, 0.15) is 62.6 Å². The first-order valence-corrected chi connectivity index (χ1v) is 9.07. The van der Waals surface area contributed by atoms with Gasteiger partial charge in [-0.15, -0.1) is 11.3 Å². The van der Waals surface area contributed by atoms with Gasteiger partial charge in [0.2, 0.25) is 0 Å². The minimum absolute atomic E-state index is 0.487. The van der Waals surface area contributed by atoms with Gasteiger partial charge < -0.3 is 5.32 Å². The third-order valence-electron chi connectivity index (χ3n) is 3.80. The van der Waals surface area contributed by atoms with Crippen molar-refractivity contribution in [2.24, 2.45) is 5.92 Å². The van der Waals surface area contributed by atoms with E-state index in [9.17, 15) is 0 Å². The fraction of sp³-hybridized carbons (Fsp3) is 0.526. The van der Waals surface area contributed by atoms with Crippen molar-refractivity contribution in [2.75, 3.05) is 11.9 Å². The Morgan fingerprint density at radius 3 is 2.32 bits per heavy atom. The molecule has 0 aliphatic carbocycles. The predicted molar refractivity (Wildman–Crippen MR) is 98.1 cm³/mol. The Morgan fingerprint density at radius 2 is 1.73 bits per heavy atom. The predicted octanol–water partition coefficient (Wildman–Crippen LogP) is 5.68. The third-order valence-corrected chi connectivity index (χ3v) is 4.85. The fourth-order valence-electron chi connectivity index (χ4n) is 2.55. The molecule has 3 heteroatoms. The largest absolute Gasteiger partial charge is 0.361 e. The van der Waals surface area contributed by atoms with Gasteiger partial charge in [0.05, 0.1) is 5.69 Å². The first-order valence-electron chi connectivity index (χ1n) is 8.25. The van der Waals surface area contributed by atoms with Gasteiger partial charge in [-0.2, -0.15) is 0 Å². The maximum atomic E-state index is 4.84. The number of hydrogen-bond donors (Lipinski definition) is 1. The maximum Gasteiger partial charge on any atom is 0.183 e. The van der Waals surface area contributed by atoms with Gasteiger partial charge in [-0.05, 0) is 29.7 Å². The van der Waals surface area contributed by atoms with Crippen molar-refractivity contribution in [3.63, 3.8) is 0 Å². The summed E-state index contributed by atoms with van der Waals surface area (Å²) < 4.78 is 0. The van der Waals surface area contributed by atoms with E-state index in [0.717, 1.165) is 18.1 Å². The van der Waals surface area contributed by atoms with Gasteiger partial charge in [0, 0.05) is 11.4 Å². The Morgan fingerprint density at radius 1 is 1.05 bits per heavy atom. The molecule has 1 aromatic heterocycles. The number of rotatable bonds is 7. The van der Waals surface area contributed by atoms with Crippen LogP contribution in [0.5, 0.6) is 0 Å². The SMILES string of the molecule is CC(C)Cc1sc(NCC(C)c2ccccc2)nc1C(C)C. The molecule has 1 N–H and O–H groups in total. The lowest BCUT2D eigenvalue weighted by atomic mass is 10.0. The van der Waals surface area contributed by atoms with Crippen LogP contribution in [0.15, 0.2) is 30.3 Å². The summed E-state index contributed by atoms with van der Waals surface area (Å²) in [6, 6.07) is 10.7. The molecule has 0 aliphatic rings. The molecule has 0 aliphatic heterocycles. The number of thiazole rings is 1. The number of benzene rings is 1. The average Bonchev–Trinajstić information content (AvgIpc) is 2.88. The molecule has 2 nitrogen and oxygen atoms in total. The van der Waals surface area contributed by atoms with Crippen LogP contribution in [0.3, 0.4) is 0 Å². The van der Waals surface area contributed by atoms with Crippen LogP contribution in [0.25, 0.3) is 0 Å². The highest BCUT2D eigenvalue weighted by Gasteiger charge is 2.15. The van der Waals surface area contributed by atoms with Crippen molar-refractivity contribution < 1.29 is 0 Å². The highest BCUT2D eigenvalue weighted by Crippen LogP contribution is 2.30. The summed E-state index contributed by atoms with van der Waals surface area (Å²) in [5.41, 5.74) is 2.65. The first-order chi connectivity index (χ1) is 10.5. The number of aromatic nitrogens is 1. The number of nitrogens with one attached hydrogen (secondary N) is 1. The summed E-state index contributed by atoms with van der Waals surface area (Å²) in [6.07, 6.45) is 1.13. The van der Waals surface area contributed by atoms with Gasteiger partial charge in [0.25, 0.3) is 0 Å². The standard InChI is InChI=1S/C19H28N2S/c1-13(2)11-17-18(14(3)4)21-19(22-17)20-12-15(5)16-9-7-6-8-10-16/h6-10,13-15H,11-12H2,1-5H3,(H,20,21). The Hall–Kier alpha value is -1.35. The number of nitrogens with zero attached hydrogens (tertiary/aromatic N) is 1. The van der Waals surface area contributed by atoms with Crippen LogP contribution in [-0.2, 0) is 6.42 Å². The van der Waals surface area contributed by atoms with Gasteiger partial charge in [-0.25, -0.2) is 4.98 Å². The summed E-state index contributed by atoms with van der Waals surface area (Å²) in [6.45, 7) is 12.2. The zero-order valence-electron chi connectivity index (χ0n) is 14.4. The molecule has 120 valence electrons. The van der Waals surface area contributed by atoms with E-state index in [1.807, 2.05) is 11.3 Å². The lowest BCUT2D eigenvalue weighted by Gasteiger charge is -2.12. The van der Waals surface area contributed by atoms with Crippen LogP contribution in [0.2, 0.25) is 0 Å². The van der Waals surface area contributed by atoms with E-state index in [0.29, 0.717) is 17.8 Å². The molecule has 0 radical (unpaired) electrons. The van der Waals surface area contributed by atoms with E-state index in [4.69, 9.17) is 4.98 Å². The average molecular weight is 317 g/mol. The number of hydrogen-bond acceptors (Lipinski definition) is 3. The molecule has 0 spiro atoms. The van der Waals surface area contributed by atoms with Crippen LogP contribution < -0.4 is 5.32 Å². The van der Waals surface area contributed by atoms with Gasteiger partial charge in [0.1, 0.15) is 0 Å². The Kier molecular flexibility index (Phi) is 6.01. The lowest BCUT2D eigenvalue weighted by Crippen LogP contribution is -2.09. The molecule has 2 rings (SSSR count). The second-order valence-corrected chi connectivity index (χ2v) is 7.86. The third kappa shape index (κ3) is 4.57. The van der Waals surface area contributed by atoms with Gasteiger partial charge in [-0.3, -0.25) is 0 Å². The summed E-state index contributed by atoms with van der Waals surface area (Å²) in [5, 5.41) is 4.61. The maximum absolute atomic E-state index is 4.84. The molecule has 2 aromatic rings. The number of anilines is 1. The summed E-state index contributed by atoms with van der Waals surface area (Å²) >= 11 is 1.83. The van der Waals surface area contributed by atoms with E-state index < -0.39 is 0 Å². The fourth-order valence-corrected chi connectivity index (χ4v) is 3.88. The molecule has 1 heterocycles. The monoisotopic (exact) mass is 316 g/mol. The molecule has 0 saturated carbocycles. The molecular weight excluding hydrogens is 288 g/mol. The molecule has 1 unspecified atom stereocenters. The molecule has 0 amide bonds. The van der Waals surface area contributed by atoms with Gasteiger partial charge in [0.15, 0.2) is 5.13 Å². The van der Waals surface area contributed by atoms with E-state index >= 15 is 0 Å². The first kappa shape index (κ1) is 17.0. The Labute approximate surface area is 139 Å². The van der Waals surface area contributed by atoms with Crippen molar-refractivity contribution in [2.45, 2.75) is 52.9 Å².